The molecule has 0 radical (unpaired) electrons. The smallest absolute Gasteiger partial charge is 0.337 e. The van der Waals surface area contributed by atoms with E-state index in [1.807, 2.05) is 46.8 Å². The summed E-state index contributed by atoms with van der Waals surface area (Å²) < 4.78 is 19.6. The number of carboxylic acid groups (broad SMARTS) is 1. The van der Waals surface area contributed by atoms with Crippen molar-refractivity contribution in [1.29, 1.82) is 0 Å². The maximum Gasteiger partial charge on any atom is 0.337 e. The summed E-state index contributed by atoms with van der Waals surface area (Å²) in [5, 5.41) is 20.2. The largest absolute Gasteiger partial charge is 0.479 e. The average Bonchev–Trinajstić information content (AvgIpc) is 2.94. The molecule has 3 aromatic rings. The Morgan fingerprint density at radius 1 is 1.02 bits per heavy atom. The Morgan fingerprint density at radius 2 is 1.64 bits per heavy atom. The lowest BCUT2D eigenvalue weighted by Gasteiger charge is -2.41. The van der Waals surface area contributed by atoms with E-state index in [1.165, 1.54) is 12.1 Å². The number of carbonyl (C=O) groups is 1. The van der Waals surface area contributed by atoms with E-state index in [2.05, 4.69) is 35.8 Å². The van der Waals surface area contributed by atoms with Crippen molar-refractivity contribution in [2.75, 3.05) is 42.6 Å². The van der Waals surface area contributed by atoms with Crippen molar-refractivity contribution in [3.8, 4) is 11.1 Å². The number of aliphatic hydroxyl groups excluding tert-OH is 1. The monoisotopic (exact) mass is 605 g/mol. The van der Waals surface area contributed by atoms with E-state index in [-0.39, 0.29) is 17.8 Å². The summed E-state index contributed by atoms with van der Waals surface area (Å²) in [6.07, 6.45) is 1.53. The van der Waals surface area contributed by atoms with Crippen molar-refractivity contribution in [2.45, 2.75) is 79.4 Å². The van der Waals surface area contributed by atoms with Crippen LogP contribution in [0.25, 0.3) is 11.1 Å². The minimum absolute atomic E-state index is 0.00926. The predicted octanol–water partition coefficient (Wildman–Crippen LogP) is 7.11. The normalized spacial score (nSPS) is 15.7. The Hall–Kier alpha value is -3.49. The minimum atomic E-state index is -1.17. The van der Waals surface area contributed by atoms with E-state index < -0.39 is 17.7 Å². The van der Waals surface area contributed by atoms with Crippen molar-refractivity contribution >= 4 is 17.3 Å². The van der Waals surface area contributed by atoms with Gasteiger partial charge in [-0.3, -0.25) is 4.98 Å². The first-order chi connectivity index (χ1) is 20.7. The third kappa shape index (κ3) is 8.16. The lowest BCUT2D eigenvalue weighted by Crippen LogP contribution is -2.39. The predicted molar refractivity (Wildman–Crippen MR) is 175 cm³/mol. The van der Waals surface area contributed by atoms with Gasteiger partial charge in [0.2, 0.25) is 0 Å². The van der Waals surface area contributed by atoms with Gasteiger partial charge in [0.1, 0.15) is 5.82 Å². The van der Waals surface area contributed by atoms with Crippen LogP contribution in [0.4, 0.5) is 15.8 Å². The first-order valence-corrected chi connectivity index (χ1v) is 15.6. The van der Waals surface area contributed by atoms with Gasteiger partial charge in [-0.25, -0.2) is 9.18 Å². The van der Waals surface area contributed by atoms with E-state index in [9.17, 15) is 19.4 Å². The number of ether oxygens (including phenoxy) is 1. The summed E-state index contributed by atoms with van der Waals surface area (Å²) in [6, 6.07) is 14.7. The number of aryl methyl sites for hydroxylation is 2. The van der Waals surface area contributed by atoms with Crippen LogP contribution in [0.2, 0.25) is 0 Å². The van der Waals surface area contributed by atoms with E-state index in [0.717, 1.165) is 59.7 Å². The molecule has 4 rings (SSSR count). The molecule has 1 aliphatic heterocycles. The van der Waals surface area contributed by atoms with E-state index in [1.54, 1.807) is 12.1 Å². The van der Waals surface area contributed by atoms with Gasteiger partial charge < -0.3 is 24.7 Å². The zero-order chi connectivity index (χ0) is 32.2. The summed E-state index contributed by atoms with van der Waals surface area (Å²) >= 11 is 0. The number of hydrogen-bond donors (Lipinski definition) is 2. The van der Waals surface area contributed by atoms with Gasteiger partial charge >= 0.3 is 5.97 Å². The van der Waals surface area contributed by atoms with E-state index in [4.69, 9.17) is 9.72 Å². The number of halogens is 1. The quantitative estimate of drug-likeness (QED) is 0.241. The summed E-state index contributed by atoms with van der Waals surface area (Å²) in [6.45, 7) is 16.8. The van der Waals surface area contributed by atoms with Gasteiger partial charge in [0.15, 0.2) is 6.10 Å². The second kappa shape index (κ2) is 13.7. The van der Waals surface area contributed by atoms with Gasteiger partial charge in [0, 0.05) is 54.4 Å². The highest BCUT2D eigenvalue weighted by Gasteiger charge is 2.36. The molecule has 0 unspecified atom stereocenters. The molecule has 2 heterocycles. The van der Waals surface area contributed by atoms with Crippen LogP contribution in [0, 0.1) is 25.1 Å². The summed E-state index contributed by atoms with van der Waals surface area (Å²) in [4.78, 5) is 22.1. The molecule has 0 aliphatic carbocycles. The van der Waals surface area contributed by atoms with Gasteiger partial charge in [-0.15, -0.1) is 0 Å². The van der Waals surface area contributed by atoms with Crippen LogP contribution >= 0.6 is 0 Å². The Labute approximate surface area is 261 Å². The van der Waals surface area contributed by atoms with Crippen molar-refractivity contribution in [3.63, 3.8) is 0 Å². The Kier molecular flexibility index (Phi) is 10.4. The first-order valence-electron chi connectivity index (χ1n) is 15.6. The Morgan fingerprint density at radius 3 is 2.18 bits per heavy atom. The molecule has 1 saturated heterocycles. The zero-order valence-corrected chi connectivity index (χ0v) is 27.3. The molecule has 8 heteroatoms. The molecule has 0 amide bonds. The number of anilines is 2. The molecule has 1 aliphatic rings. The number of benzene rings is 2. The lowest BCUT2D eigenvalue weighted by molar-refractivity contribution is -0.160. The molecule has 0 spiro atoms. The molecule has 2 N–H and O–H groups in total. The fourth-order valence-electron chi connectivity index (χ4n) is 6.00. The second-order valence-corrected chi connectivity index (χ2v) is 13.7. The van der Waals surface area contributed by atoms with Crippen LogP contribution in [0.5, 0.6) is 0 Å². The molecule has 0 bridgehead atoms. The number of pyridine rings is 1. The third-order valence-corrected chi connectivity index (χ3v) is 8.44. The number of nitrogens with zero attached hydrogens (tertiary/aromatic N) is 3. The SMILES string of the molecule is Cc1nc(C)c([C@H](OC(C)(C)C)C(=O)O)c(N2CCC(C)(C)CC2)c1-c1ccc(N(CCO)CCc2ccc(F)cc2)cc1. The number of aromatic nitrogens is 1. The Balaban J connectivity index is 1.77. The third-order valence-electron chi connectivity index (χ3n) is 8.44. The molecule has 7 nitrogen and oxygen atoms in total. The average molecular weight is 606 g/mol. The number of aliphatic hydroxyl groups is 1. The van der Waals surface area contributed by atoms with Crippen molar-refractivity contribution in [1.82, 2.24) is 4.98 Å². The molecular weight excluding hydrogens is 557 g/mol. The molecule has 0 saturated carbocycles. The molecule has 1 fully saturated rings. The zero-order valence-electron chi connectivity index (χ0n) is 27.3. The van der Waals surface area contributed by atoms with Crippen molar-refractivity contribution in [3.05, 3.63) is 76.9 Å². The van der Waals surface area contributed by atoms with Crippen LogP contribution in [0.15, 0.2) is 48.5 Å². The van der Waals surface area contributed by atoms with Gasteiger partial charge in [-0.2, -0.15) is 0 Å². The summed E-state index contributed by atoms with van der Waals surface area (Å²) in [5.41, 5.74) is 6.39. The topological polar surface area (TPSA) is 86.1 Å². The number of hydrogen-bond acceptors (Lipinski definition) is 6. The molecule has 1 atom stereocenters. The summed E-state index contributed by atoms with van der Waals surface area (Å²) in [5.74, 6) is -1.29. The Bertz CT molecular complexity index is 1420. The molecular formula is C36H48FN3O4. The number of aliphatic carboxylic acids is 1. The van der Waals surface area contributed by atoms with E-state index in [0.29, 0.717) is 30.8 Å². The fourth-order valence-corrected chi connectivity index (χ4v) is 6.00. The van der Waals surface area contributed by atoms with Gasteiger partial charge in [0.25, 0.3) is 0 Å². The molecule has 238 valence electrons. The number of rotatable bonds is 11. The lowest BCUT2D eigenvalue weighted by atomic mass is 9.82. The highest BCUT2D eigenvalue weighted by Crippen LogP contribution is 2.45. The molecule has 44 heavy (non-hydrogen) atoms. The van der Waals surface area contributed by atoms with Crippen LogP contribution in [-0.4, -0.2) is 59.6 Å². The van der Waals surface area contributed by atoms with Gasteiger partial charge in [0.05, 0.1) is 17.9 Å². The maximum absolute atomic E-state index is 13.4. The highest BCUT2D eigenvalue weighted by atomic mass is 19.1. The van der Waals surface area contributed by atoms with Gasteiger partial charge in [-0.1, -0.05) is 38.1 Å². The minimum Gasteiger partial charge on any atom is -0.479 e. The second-order valence-electron chi connectivity index (χ2n) is 13.7. The highest BCUT2D eigenvalue weighted by molar-refractivity contribution is 5.88. The fraction of sp³-hybridized carbons (Fsp3) is 0.500. The number of piperidine rings is 1. The summed E-state index contributed by atoms with van der Waals surface area (Å²) in [7, 11) is 0. The molecule has 2 aromatic carbocycles. The molecule has 1 aromatic heterocycles. The van der Waals surface area contributed by atoms with Crippen molar-refractivity contribution < 1.29 is 24.1 Å². The van der Waals surface area contributed by atoms with Crippen molar-refractivity contribution in [2.24, 2.45) is 5.41 Å². The number of carboxylic acids is 1. The van der Waals surface area contributed by atoms with Crippen LogP contribution in [0.1, 0.15) is 76.1 Å². The van der Waals surface area contributed by atoms with Crippen LogP contribution in [0.3, 0.4) is 0 Å². The standard InChI is InChI=1S/C36H48FN3O4/c1-24-30(27-10-14-29(15-11-27)39(22-23-41)19-16-26-8-12-28(37)13-9-26)32(40-20-17-36(6,7)18-21-40)31(25(2)38-24)33(34(42)43)44-35(3,4)5/h8-15,33,41H,16-23H2,1-7H3,(H,42,43)/t33-/m0/s1. The van der Waals surface area contributed by atoms with Crippen LogP contribution < -0.4 is 9.80 Å². The van der Waals surface area contributed by atoms with E-state index >= 15 is 0 Å². The van der Waals surface area contributed by atoms with Gasteiger partial charge in [-0.05, 0) is 94.7 Å². The maximum atomic E-state index is 13.4. The van der Waals surface area contributed by atoms with Crippen LogP contribution in [-0.2, 0) is 16.0 Å². The first kappa shape index (κ1) is 33.4.